The Bertz CT molecular complexity index is 336. The van der Waals surface area contributed by atoms with E-state index in [4.69, 9.17) is 4.74 Å². The monoisotopic (exact) mass is 225 g/mol. The van der Waals surface area contributed by atoms with E-state index in [0.717, 1.165) is 18.5 Å². The zero-order chi connectivity index (χ0) is 12.0. The number of rotatable bonds is 6. The number of nitrogens with zero attached hydrogens (tertiary/aromatic N) is 2. The molecule has 0 saturated heterocycles. The molecule has 0 fully saturated rings. The molecule has 1 aromatic rings. The fraction of sp³-hybridized carbons (Fsp3) is 0.636. The van der Waals surface area contributed by atoms with Crippen molar-refractivity contribution >= 4 is 5.97 Å². The quantitative estimate of drug-likeness (QED) is 0.737. The van der Waals surface area contributed by atoms with E-state index in [-0.39, 0.29) is 5.97 Å². The highest BCUT2D eigenvalue weighted by molar-refractivity contribution is 5.77. The molecule has 1 atom stereocenters. The Morgan fingerprint density at radius 3 is 2.94 bits per heavy atom. The molecule has 1 aromatic heterocycles. The van der Waals surface area contributed by atoms with Crippen LogP contribution in [0.5, 0.6) is 0 Å². The first-order chi connectivity index (χ1) is 7.72. The summed E-state index contributed by atoms with van der Waals surface area (Å²) in [6.07, 6.45) is 4.60. The maximum absolute atomic E-state index is 11.6. The Kier molecular flexibility index (Phi) is 4.98. The highest BCUT2D eigenvalue weighted by Gasteiger charge is 2.21. The molecule has 0 bridgehead atoms. The van der Waals surface area contributed by atoms with Crippen LogP contribution in [0.15, 0.2) is 12.4 Å². The normalized spacial score (nSPS) is 12.4. The van der Waals surface area contributed by atoms with E-state index < -0.39 is 6.04 Å². The van der Waals surface area contributed by atoms with Crippen molar-refractivity contribution in [1.29, 1.82) is 0 Å². The molecule has 1 heterocycles. The Balaban J connectivity index is 2.74. The van der Waals surface area contributed by atoms with Gasteiger partial charge in [-0.15, -0.1) is 0 Å². The van der Waals surface area contributed by atoms with Crippen LogP contribution in [-0.2, 0) is 16.1 Å². The highest BCUT2D eigenvalue weighted by Crippen LogP contribution is 2.13. The Hall–Kier alpha value is -1.36. The molecular formula is C11H19N3O2. The minimum atomic E-state index is -0.425. The Morgan fingerprint density at radius 2 is 2.38 bits per heavy atom. The molecule has 5 heteroatoms. The summed E-state index contributed by atoms with van der Waals surface area (Å²) in [5.74, 6) is -0.263. The van der Waals surface area contributed by atoms with Gasteiger partial charge in [0.1, 0.15) is 6.04 Å². The Labute approximate surface area is 95.8 Å². The summed E-state index contributed by atoms with van der Waals surface area (Å²) in [6.45, 7) is 5.13. The molecule has 90 valence electrons. The fourth-order valence-corrected chi connectivity index (χ4v) is 1.53. The number of carbonyl (C=O) groups excluding carboxylic acids is 1. The predicted molar refractivity (Wildman–Crippen MR) is 61.0 cm³/mol. The van der Waals surface area contributed by atoms with Crippen molar-refractivity contribution in [2.75, 3.05) is 13.7 Å². The molecule has 5 nitrogen and oxygen atoms in total. The van der Waals surface area contributed by atoms with Gasteiger partial charge < -0.3 is 10.1 Å². The average molecular weight is 225 g/mol. The second-order valence-electron chi connectivity index (χ2n) is 3.51. The van der Waals surface area contributed by atoms with E-state index in [1.54, 1.807) is 20.2 Å². The van der Waals surface area contributed by atoms with Crippen LogP contribution in [0.3, 0.4) is 0 Å². The molecule has 1 N–H and O–H groups in total. The van der Waals surface area contributed by atoms with Crippen LogP contribution < -0.4 is 5.32 Å². The van der Waals surface area contributed by atoms with Crippen molar-refractivity contribution < 1.29 is 9.53 Å². The minimum Gasteiger partial charge on any atom is -0.465 e. The molecular weight excluding hydrogens is 206 g/mol. The van der Waals surface area contributed by atoms with Crippen LogP contribution in [-0.4, -0.2) is 29.4 Å². The number of hydrogen-bond acceptors (Lipinski definition) is 4. The van der Waals surface area contributed by atoms with Gasteiger partial charge >= 0.3 is 5.97 Å². The van der Waals surface area contributed by atoms with Gasteiger partial charge in [-0.2, -0.15) is 5.10 Å². The van der Waals surface area contributed by atoms with Gasteiger partial charge in [0.05, 0.1) is 12.8 Å². The molecule has 0 amide bonds. The number of likely N-dealkylation sites (N-methyl/N-ethyl adjacent to an activating group) is 1. The topological polar surface area (TPSA) is 56.2 Å². The molecule has 1 rings (SSSR count). The van der Waals surface area contributed by atoms with Gasteiger partial charge in [0, 0.05) is 18.3 Å². The molecule has 16 heavy (non-hydrogen) atoms. The summed E-state index contributed by atoms with van der Waals surface area (Å²) < 4.78 is 6.81. The van der Waals surface area contributed by atoms with E-state index >= 15 is 0 Å². The first kappa shape index (κ1) is 12.7. The number of aryl methyl sites for hydroxylation is 1. The molecule has 0 aliphatic heterocycles. The van der Waals surface area contributed by atoms with Crippen LogP contribution in [0.1, 0.15) is 31.9 Å². The summed E-state index contributed by atoms with van der Waals surface area (Å²) in [6, 6.07) is -0.425. The molecule has 0 aliphatic carbocycles. The Morgan fingerprint density at radius 1 is 1.62 bits per heavy atom. The zero-order valence-electron chi connectivity index (χ0n) is 10.1. The molecule has 0 saturated carbocycles. The summed E-state index contributed by atoms with van der Waals surface area (Å²) in [5.41, 5.74) is 0.842. The minimum absolute atomic E-state index is 0.263. The third-order valence-electron chi connectivity index (χ3n) is 2.25. The molecule has 0 spiro atoms. The van der Waals surface area contributed by atoms with Crippen molar-refractivity contribution in [3.8, 4) is 0 Å². The smallest absolute Gasteiger partial charge is 0.327 e. The second-order valence-corrected chi connectivity index (χ2v) is 3.51. The second kappa shape index (κ2) is 6.27. The van der Waals surface area contributed by atoms with Crippen molar-refractivity contribution in [1.82, 2.24) is 15.1 Å². The zero-order valence-corrected chi connectivity index (χ0v) is 10.1. The summed E-state index contributed by atoms with van der Waals surface area (Å²) in [5, 5.41) is 7.12. The van der Waals surface area contributed by atoms with E-state index in [1.165, 1.54) is 0 Å². The van der Waals surface area contributed by atoms with Gasteiger partial charge in [-0.25, -0.2) is 4.79 Å². The van der Waals surface area contributed by atoms with E-state index in [1.807, 2.05) is 10.9 Å². The van der Waals surface area contributed by atoms with Crippen LogP contribution in [0.4, 0.5) is 0 Å². The molecule has 0 aliphatic rings. The van der Waals surface area contributed by atoms with Crippen LogP contribution in [0.25, 0.3) is 0 Å². The standard InChI is InChI=1S/C11H19N3O2/c1-4-6-14-8-9(7-13-14)10(12-3)11(15)16-5-2/h7-8,10,12H,4-6H2,1-3H3. The third-order valence-corrected chi connectivity index (χ3v) is 2.25. The van der Waals surface area contributed by atoms with Gasteiger partial charge in [-0.1, -0.05) is 6.92 Å². The summed E-state index contributed by atoms with van der Waals surface area (Å²) in [4.78, 5) is 11.6. The maximum atomic E-state index is 11.6. The number of aromatic nitrogens is 2. The molecule has 1 unspecified atom stereocenters. The summed E-state index contributed by atoms with van der Waals surface area (Å²) in [7, 11) is 1.73. The van der Waals surface area contributed by atoms with E-state index in [0.29, 0.717) is 6.61 Å². The lowest BCUT2D eigenvalue weighted by molar-refractivity contribution is -0.145. The number of ether oxygens (including phenoxy) is 1. The number of hydrogen-bond donors (Lipinski definition) is 1. The van der Waals surface area contributed by atoms with Crippen LogP contribution >= 0.6 is 0 Å². The SMILES string of the molecule is CCCn1cc(C(NC)C(=O)OCC)cn1. The number of nitrogens with one attached hydrogen (secondary N) is 1. The molecule has 0 radical (unpaired) electrons. The first-order valence-corrected chi connectivity index (χ1v) is 5.59. The van der Waals surface area contributed by atoms with Gasteiger partial charge in [-0.3, -0.25) is 4.68 Å². The lowest BCUT2D eigenvalue weighted by Gasteiger charge is -2.12. The van der Waals surface area contributed by atoms with Crippen molar-refractivity contribution in [2.45, 2.75) is 32.9 Å². The van der Waals surface area contributed by atoms with Gasteiger partial charge in [0.25, 0.3) is 0 Å². The van der Waals surface area contributed by atoms with Crippen molar-refractivity contribution in [3.05, 3.63) is 18.0 Å². The highest BCUT2D eigenvalue weighted by atomic mass is 16.5. The maximum Gasteiger partial charge on any atom is 0.327 e. The lowest BCUT2D eigenvalue weighted by atomic mass is 10.2. The van der Waals surface area contributed by atoms with Crippen LogP contribution in [0.2, 0.25) is 0 Å². The first-order valence-electron chi connectivity index (χ1n) is 5.59. The van der Waals surface area contributed by atoms with E-state index in [2.05, 4.69) is 17.3 Å². The van der Waals surface area contributed by atoms with Crippen LogP contribution in [0, 0.1) is 0 Å². The largest absolute Gasteiger partial charge is 0.465 e. The number of esters is 1. The summed E-state index contributed by atoms with van der Waals surface area (Å²) >= 11 is 0. The van der Waals surface area contributed by atoms with Crippen molar-refractivity contribution in [3.63, 3.8) is 0 Å². The average Bonchev–Trinajstić information content (AvgIpc) is 2.68. The van der Waals surface area contributed by atoms with Gasteiger partial charge in [0.2, 0.25) is 0 Å². The van der Waals surface area contributed by atoms with E-state index in [9.17, 15) is 4.79 Å². The van der Waals surface area contributed by atoms with Gasteiger partial charge in [-0.05, 0) is 20.4 Å². The molecule has 0 aromatic carbocycles. The third kappa shape index (κ3) is 3.06. The fourth-order valence-electron chi connectivity index (χ4n) is 1.53. The number of carbonyl (C=O) groups is 1. The lowest BCUT2D eigenvalue weighted by Crippen LogP contribution is -2.27. The predicted octanol–water partition coefficient (Wildman–Crippen LogP) is 1.12. The van der Waals surface area contributed by atoms with Crippen molar-refractivity contribution in [2.24, 2.45) is 0 Å². The van der Waals surface area contributed by atoms with Gasteiger partial charge in [0.15, 0.2) is 0 Å².